The molecule has 0 bridgehead atoms. The Balaban J connectivity index is 1.68. The van der Waals surface area contributed by atoms with Crippen molar-refractivity contribution in [3.8, 4) is 0 Å². The average molecular weight is 250 g/mol. The van der Waals surface area contributed by atoms with Crippen molar-refractivity contribution in [2.45, 2.75) is 44.7 Å². The van der Waals surface area contributed by atoms with E-state index < -0.39 is 0 Å². The van der Waals surface area contributed by atoms with Gasteiger partial charge in [0, 0.05) is 31.5 Å². The van der Waals surface area contributed by atoms with E-state index in [4.69, 9.17) is 5.84 Å². The zero-order valence-electron chi connectivity index (χ0n) is 10.7. The predicted octanol–water partition coefficient (Wildman–Crippen LogP) is 0.625. The minimum Gasteiger partial charge on any atom is -0.353 e. The van der Waals surface area contributed by atoms with Crippen molar-refractivity contribution < 1.29 is 0 Å². The number of aliphatic imine (C=N–C) groups is 1. The van der Waals surface area contributed by atoms with E-state index in [0.29, 0.717) is 12.0 Å². The van der Waals surface area contributed by atoms with Crippen LogP contribution in [-0.4, -0.2) is 28.3 Å². The van der Waals surface area contributed by atoms with Gasteiger partial charge in [0.2, 0.25) is 5.96 Å². The highest BCUT2D eigenvalue weighted by Crippen LogP contribution is 2.17. The van der Waals surface area contributed by atoms with Crippen molar-refractivity contribution in [3.05, 3.63) is 18.5 Å². The molecular weight excluding hydrogens is 228 g/mol. The van der Waals surface area contributed by atoms with Crippen molar-refractivity contribution in [1.82, 2.24) is 20.5 Å². The van der Waals surface area contributed by atoms with Gasteiger partial charge >= 0.3 is 0 Å². The number of nitrogens with zero attached hydrogens (tertiary/aromatic N) is 3. The van der Waals surface area contributed by atoms with Crippen LogP contribution in [0.5, 0.6) is 0 Å². The number of hydrazine groups is 1. The van der Waals surface area contributed by atoms with Crippen molar-refractivity contribution in [1.29, 1.82) is 0 Å². The first-order valence-electron chi connectivity index (χ1n) is 6.63. The molecule has 1 fully saturated rings. The van der Waals surface area contributed by atoms with E-state index >= 15 is 0 Å². The second-order valence-corrected chi connectivity index (χ2v) is 4.62. The highest BCUT2D eigenvalue weighted by Gasteiger charge is 2.15. The molecule has 4 N–H and O–H groups in total. The molecule has 0 amide bonds. The van der Waals surface area contributed by atoms with Crippen LogP contribution < -0.4 is 16.6 Å². The van der Waals surface area contributed by atoms with Crippen molar-refractivity contribution in [2.24, 2.45) is 10.8 Å². The topological polar surface area (TPSA) is 80.3 Å². The molecule has 18 heavy (non-hydrogen) atoms. The smallest absolute Gasteiger partial charge is 0.205 e. The first kappa shape index (κ1) is 12.9. The second kappa shape index (κ2) is 7.00. The number of guanidine groups is 1. The van der Waals surface area contributed by atoms with Gasteiger partial charge < -0.3 is 5.32 Å². The Morgan fingerprint density at radius 1 is 1.44 bits per heavy atom. The maximum absolute atomic E-state index is 5.47. The molecule has 1 aliphatic rings. The molecule has 1 aliphatic carbocycles. The molecule has 0 atom stereocenters. The fourth-order valence-corrected chi connectivity index (χ4v) is 2.25. The molecule has 6 heteroatoms. The van der Waals surface area contributed by atoms with Gasteiger partial charge in [-0.05, 0) is 25.3 Å². The average Bonchev–Trinajstić information content (AvgIpc) is 3.06. The number of nitrogens with one attached hydrogen (secondary N) is 2. The number of aromatic nitrogens is 2. The van der Waals surface area contributed by atoms with Crippen LogP contribution in [0.25, 0.3) is 0 Å². The minimum atomic E-state index is 0.533. The van der Waals surface area contributed by atoms with Crippen molar-refractivity contribution >= 4 is 5.96 Å². The lowest BCUT2D eigenvalue weighted by molar-refractivity contribution is 0.579. The third-order valence-corrected chi connectivity index (χ3v) is 3.21. The summed E-state index contributed by atoms with van der Waals surface area (Å²) in [5.41, 5.74) is 2.64. The van der Waals surface area contributed by atoms with E-state index in [1.165, 1.54) is 25.7 Å². The quantitative estimate of drug-likeness (QED) is 0.235. The zero-order chi connectivity index (χ0) is 12.6. The Kier molecular flexibility index (Phi) is 5.01. The second-order valence-electron chi connectivity index (χ2n) is 4.62. The van der Waals surface area contributed by atoms with Gasteiger partial charge in [-0.1, -0.05) is 12.8 Å². The fourth-order valence-electron chi connectivity index (χ4n) is 2.25. The molecule has 0 aliphatic heterocycles. The summed E-state index contributed by atoms with van der Waals surface area (Å²) in [4.78, 5) is 4.43. The molecule has 0 radical (unpaired) electrons. The predicted molar refractivity (Wildman–Crippen MR) is 71.9 cm³/mol. The summed E-state index contributed by atoms with van der Waals surface area (Å²) in [5.74, 6) is 6.18. The number of hydrogen-bond acceptors (Lipinski definition) is 3. The summed E-state index contributed by atoms with van der Waals surface area (Å²) in [6.07, 6.45) is 9.74. The largest absolute Gasteiger partial charge is 0.353 e. The fraction of sp³-hybridized carbons (Fsp3) is 0.667. The Bertz CT molecular complexity index is 353. The van der Waals surface area contributed by atoms with Crippen molar-refractivity contribution in [3.63, 3.8) is 0 Å². The molecule has 6 nitrogen and oxygen atoms in total. The number of nitrogens with two attached hydrogens (primary N) is 1. The molecule has 0 saturated heterocycles. The number of hydrogen-bond donors (Lipinski definition) is 3. The van der Waals surface area contributed by atoms with Crippen LogP contribution in [0.15, 0.2) is 23.5 Å². The molecule has 0 spiro atoms. The van der Waals surface area contributed by atoms with Gasteiger partial charge in [0.15, 0.2) is 0 Å². The molecule has 1 saturated carbocycles. The van der Waals surface area contributed by atoms with E-state index in [0.717, 1.165) is 19.5 Å². The summed E-state index contributed by atoms with van der Waals surface area (Å²) >= 11 is 0. The lowest BCUT2D eigenvalue weighted by Gasteiger charge is -2.14. The molecular formula is C12H22N6. The van der Waals surface area contributed by atoms with Crippen molar-refractivity contribution in [2.75, 3.05) is 6.54 Å². The molecule has 0 unspecified atom stereocenters. The highest BCUT2D eigenvalue weighted by molar-refractivity contribution is 5.79. The van der Waals surface area contributed by atoms with E-state index in [1.807, 2.05) is 16.9 Å². The summed E-state index contributed by atoms with van der Waals surface area (Å²) < 4.78 is 1.91. The zero-order valence-corrected chi connectivity index (χ0v) is 10.7. The third kappa shape index (κ3) is 4.03. The SMILES string of the molecule is NNC(=NCCCn1cccn1)NC1CCCC1. The van der Waals surface area contributed by atoms with Crippen LogP contribution in [0.4, 0.5) is 0 Å². The number of aryl methyl sites for hydroxylation is 1. The molecule has 2 rings (SSSR count). The Morgan fingerprint density at radius 2 is 2.28 bits per heavy atom. The normalized spacial score (nSPS) is 17.1. The molecule has 0 aromatic carbocycles. The highest BCUT2D eigenvalue weighted by atomic mass is 15.3. The first-order valence-corrected chi connectivity index (χ1v) is 6.63. The third-order valence-electron chi connectivity index (χ3n) is 3.21. The van der Waals surface area contributed by atoms with Crippen LogP contribution in [0.1, 0.15) is 32.1 Å². The van der Waals surface area contributed by atoms with Gasteiger partial charge in [-0.15, -0.1) is 0 Å². The van der Waals surface area contributed by atoms with Gasteiger partial charge in [0.05, 0.1) is 0 Å². The van der Waals surface area contributed by atoms with Gasteiger partial charge in [-0.3, -0.25) is 15.1 Å². The van der Waals surface area contributed by atoms with Gasteiger partial charge in [0.1, 0.15) is 0 Å². The van der Waals surface area contributed by atoms with Crippen LogP contribution >= 0.6 is 0 Å². The van der Waals surface area contributed by atoms with Crippen LogP contribution in [0.3, 0.4) is 0 Å². The van der Waals surface area contributed by atoms with Crippen LogP contribution in [0.2, 0.25) is 0 Å². The van der Waals surface area contributed by atoms with E-state index in [2.05, 4.69) is 20.8 Å². The van der Waals surface area contributed by atoms with E-state index in [1.54, 1.807) is 6.20 Å². The molecule has 1 heterocycles. The van der Waals surface area contributed by atoms with E-state index in [-0.39, 0.29) is 0 Å². The standard InChI is InChI=1S/C12H22N6/c13-17-12(16-11-5-1-2-6-11)14-7-3-9-18-10-4-8-15-18/h4,8,10-11H,1-3,5-7,9,13H2,(H2,14,16,17). The molecule has 1 aromatic rings. The summed E-state index contributed by atoms with van der Waals surface area (Å²) in [7, 11) is 0. The summed E-state index contributed by atoms with van der Waals surface area (Å²) in [5, 5.41) is 7.50. The monoisotopic (exact) mass is 250 g/mol. The Morgan fingerprint density at radius 3 is 2.94 bits per heavy atom. The van der Waals surface area contributed by atoms with Gasteiger partial charge in [-0.2, -0.15) is 5.10 Å². The van der Waals surface area contributed by atoms with E-state index in [9.17, 15) is 0 Å². The Labute approximate surface area is 108 Å². The van der Waals surface area contributed by atoms with Crippen LogP contribution in [0, 0.1) is 0 Å². The Hall–Kier alpha value is -1.56. The van der Waals surface area contributed by atoms with Gasteiger partial charge in [0.25, 0.3) is 0 Å². The lowest BCUT2D eigenvalue weighted by atomic mass is 10.2. The maximum Gasteiger partial charge on any atom is 0.205 e. The molecule has 100 valence electrons. The summed E-state index contributed by atoms with van der Waals surface area (Å²) in [6.45, 7) is 1.64. The summed E-state index contributed by atoms with van der Waals surface area (Å²) in [6, 6.07) is 2.46. The minimum absolute atomic E-state index is 0.533. The lowest BCUT2D eigenvalue weighted by Crippen LogP contribution is -2.45. The molecule has 1 aromatic heterocycles. The van der Waals surface area contributed by atoms with Gasteiger partial charge in [-0.25, -0.2) is 5.84 Å². The number of rotatable bonds is 5. The first-order chi connectivity index (χ1) is 8.88. The maximum atomic E-state index is 5.47. The van der Waals surface area contributed by atoms with Crippen LogP contribution in [-0.2, 0) is 6.54 Å².